The molecule has 0 spiro atoms. The van der Waals surface area contributed by atoms with Gasteiger partial charge in [-0.2, -0.15) is 17.6 Å². The van der Waals surface area contributed by atoms with E-state index in [1.54, 1.807) is 41.5 Å². The van der Waals surface area contributed by atoms with E-state index in [0.29, 0.717) is 50.7 Å². The summed E-state index contributed by atoms with van der Waals surface area (Å²) in [7, 11) is 0. The monoisotopic (exact) mass is 814 g/mol. The Kier molecular flexibility index (Phi) is 10.2. The van der Waals surface area contributed by atoms with E-state index in [2.05, 4.69) is 0 Å². The Morgan fingerprint density at radius 3 is 1.33 bits per heavy atom. The van der Waals surface area contributed by atoms with Gasteiger partial charge in [-0.05, 0) is 115 Å². The molecule has 4 bridgehead atoms. The van der Waals surface area contributed by atoms with Gasteiger partial charge in [0.2, 0.25) is 0 Å². The summed E-state index contributed by atoms with van der Waals surface area (Å²) >= 11 is 0. The third-order valence-corrected chi connectivity index (χ3v) is 11.7. The topological polar surface area (TPSA) is 146 Å². The van der Waals surface area contributed by atoms with E-state index in [1.165, 1.54) is 21.9 Å². The van der Waals surface area contributed by atoms with Crippen LogP contribution in [0.5, 0.6) is 0 Å². The number of piperidine rings is 2. The molecule has 12 nitrogen and oxygen atoms in total. The molecule has 2 aliphatic heterocycles. The lowest BCUT2D eigenvalue weighted by Gasteiger charge is -2.36. The fourth-order valence-electron chi connectivity index (χ4n) is 9.28. The molecule has 7 rings (SSSR count). The van der Waals surface area contributed by atoms with E-state index in [9.17, 15) is 28.8 Å². The number of nitrogens with zero attached hydrogens (tertiary/aromatic N) is 2. The lowest BCUT2D eigenvalue weighted by atomic mass is 9.78. The standard InChI is InChI=1S/C42H46F4N2O10/c1-39(2,3)57-37(53)47-25-11-7-23(15-25)33(47)35(51)55-31(19-49)21-9-13-27-28-14-10-22(18-30(28)42(45,46)41(43,44)29(27)17-21)32(20-50)56-36(52)34-24-8-12-26(16-24)48(34)38(54)58-40(4,5)6/h9-10,13-14,17-20,23-26,31-34H,7-8,11-12,15-16H2,1-6H3/t23-,24-,25+,26+,31?,32?,33-,34-/m0/s1. The maximum Gasteiger partial charge on any atom is 0.411 e. The first kappa shape index (κ1) is 41.2. The molecule has 0 radical (unpaired) electrons. The van der Waals surface area contributed by atoms with Crippen LogP contribution < -0.4 is 0 Å². The number of carbonyl (C=O) groups excluding carboxylic acids is 6. The molecular formula is C42H46F4N2O10. The molecule has 2 unspecified atom stereocenters. The molecular weight excluding hydrogens is 768 g/mol. The largest absolute Gasteiger partial charge is 0.448 e. The van der Waals surface area contributed by atoms with Crippen LogP contribution in [0.1, 0.15) is 115 Å². The van der Waals surface area contributed by atoms with Crippen molar-refractivity contribution >= 4 is 36.7 Å². The van der Waals surface area contributed by atoms with E-state index in [1.807, 2.05) is 0 Å². The number of hydrogen-bond acceptors (Lipinski definition) is 10. The number of carbonyl (C=O) groups is 6. The van der Waals surface area contributed by atoms with Crippen molar-refractivity contribution in [1.29, 1.82) is 0 Å². The molecule has 4 fully saturated rings. The zero-order valence-corrected chi connectivity index (χ0v) is 33.0. The van der Waals surface area contributed by atoms with Crippen molar-refractivity contribution in [1.82, 2.24) is 9.80 Å². The Balaban J connectivity index is 1.13. The average molecular weight is 815 g/mol. The molecule has 312 valence electrons. The quantitative estimate of drug-likeness (QED) is 0.113. The number of ether oxygens (including phenoxy) is 4. The van der Waals surface area contributed by atoms with Crippen LogP contribution in [0.25, 0.3) is 11.1 Å². The summed E-state index contributed by atoms with van der Waals surface area (Å²) in [5.74, 6) is -12.2. The SMILES string of the molecule is CC(C)(C)OC(=O)N1[C@@H]2CC[C@@H](C2)[C@H]1C(=O)OC(C=O)c1ccc2c(c1)C(F)(F)C(F)(F)c1cc(C(C=O)OC(=O)[C@@H]3[C@H]4CC[C@H](C4)N3C(=O)OC(C)(C)C)ccc1-2. The second kappa shape index (κ2) is 14.4. The van der Waals surface area contributed by atoms with Crippen LogP contribution in [0.4, 0.5) is 27.2 Å². The smallest absolute Gasteiger partial charge is 0.411 e. The van der Waals surface area contributed by atoms with Crippen LogP contribution in [-0.4, -0.2) is 81.9 Å². The van der Waals surface area contributed by atoms with Crippen molar-refractivity contribution < 1.29 is 65.3 Å². The maximum absolute atomic E-state index is 16.0. The van der Waals surface area contributed by atoms with E-state index < -0.39 is 82.6 Å². The number of rotatable bonds is 8. The molecule has 5 aliphatic rings. The summed E-state index contributed by atoms with van der Waals surface area (Å²) in [5.41, 5.74) is -5.19. The van der Waals surface area contributed by atoms with Gasteiger partial charge in [0, 0.05) is 34.3 Å². The van der Waals surface area contributed by atoms with Crippen molar-refractivity contribution in [3.8, 4) is 11.1 Å². The molecule has 2 heterocycles. The van der Waals surface area contributed by atoms with E-state index in [0.717, 1.165) is 12.1 Å². The number of benzene rings is 2. The first-order chi connectivity index (χ1) is 27.1. The fourth-order valence-corrected chi connectivity index (χ4v) is 9.28. The highest BCUT2D eigenvalue weighted by molar-refractivity contribution is 5.86. The zero-order valence-electron chi connectivity index (χ0n) is 33.0. The van der Waals surface area contributed by atoms with Gasteiger partial charge in [0.25, 0.3) is 0 Å². The van der Waals surface area contributed by atoms with Gasteiger partial charge in [-0.3, -0.25) is 19.4 Å². The van der Waals surface area contributed by atoms with Crippen LogP contribution in [-0.2, 0) is 50.0 Å². The van der Waals surface area contributed by atoms with E-state index in [-0.39, 0.29) is 58.7 Å². The molecule has 2 saturated heterocycles. The third kappa shape index (κ3) is 7.09. The summed E-state index contributed by atoms with van der Waals surface area (Å²) < 4.78 is 86.1. The molecule has 3 aliphatic carbocycles. The van der Waals surface area contributed by atoms with Gasteiger partial charge in [0.15, 0.2) is 24.8 Å². The third-order valence-electron chi connectivity index (χ3n) is 11.7. The van der Waals surface area contributed by atoms with Crippen LogP contribution in [0.2, 0.25) is 0 Å². The first-order valence-corrected chi connectivity index (χ1v) is 19.5. The number of amides is 2. The first-order valence-electron chi connectivity index (χ1n) is 19.5. The molecule has 0 N–H and O–H groups in total. The lowest BCUT2D eigenvalue weighted by Crippen LogP contribution is -2.51. The molecule has 2 aromatic rings. The Bertz CT molecular complexity index is 1900. The molecule has 16 heteroatoms. The maximum atomic E-state index is 16.0. The summed E-state index contributed by atoms with van der Waals surface area (Å²) in [6, 6.07) is 3.26. The van der Waals surface area contributed by atoms with Crippen molar-refractivity contribution in [2.75, 3.05) is 0 Å². The predicted molar refractivity (Wildman–Crippen MR) is 195 cm³/mol. The van der Waals surface area contributed by atoms with Crippen LogP contribution >= 0.6 is 0 Å². The number of esters is 2. The number of hydrogen-bond donors (Lipinski definition) is 0. The van der Waals surface area contributed by atoms with E-state index >= 15 is 17.6 Å². The zero-order chi connectivity index (χ0) is 42.3. The fraction of sp³-hybridized carbons (Fsp3) is 0.571. The average Bonchev–Trinajstić information content (AvgIpc) is 3.96. The van der Waals surface area contributed by atoms with Gasteiger partial charge in [-0.1, -0.05) is 24.3 Å². The van der Waals surface area contributed by atoms with Gasteiger partial charge < -0.3 is 18.9 Å². The molecule has 58 heavy (non-hydrogen) atoms. The minimum atomic E-state index is -4.87. The van der Waals surface area contributed by atoms with Crippen molar-refractivity contribution in [3.63, 3.8) is 0 Å². The lowest BCUT2D eigenvalue weighted by molar-refractivity contribution is -0.225. The predicted octanol–water partition coefficient (Wildman–Crippen LogP) is 7.69. The normalized spacial score (nSPS) is 27.2. The van der Waals surface area contributed by atoms with Gasteiger partial charge in [0.1, 0.15) is 23.3 Å². The van der Waals surface area contributed by atoms with E-state index in [4.69, 9.17) is 18.9 Å². The Labute approximate surface area is 332 Å². The highest BCUT2D eigenvalue weighted by Crippen LogP contribution is 2.58. The second-order valence-electron chi connectivity index (χ2n) is 17.9. The summed E-state index contributed by atoms with van der Waals surface area (Å²) in [6.07, 6.45) is -1.10. The summed E-state index contributed by atoms with van der Waals surface area (Å²) in [4.78, 5) is 80.4. The van der Waals surface area contributed by atoms with Gasteiger partial charge >= 0.3 is 36.0 Å². The van der Waals surface area contributed by atoms with Crippen molar-refractivity contribution in [2.45, 2.75) is 139 Å². The molecule has 0 aromatic heterocycles. The Hall–Kier alpha value is -5.02. The van der Waals surface area contributed by atoms with Crippen LogP contribution in [0, 0.1) is 11.8 Å². The molecule has 2 aromatic carbocycles. The van der Waals surface area contributed by atoms with Crippen LogP contribution in [0.3, 0.4) is 0 Å². The number of likely N-dealkylation sites (tertiary alicyclic amines) is 2. The highest BCUT2D eigenvalue weighted by Gasteiger charge is 2.63. The summed E-state index contributed by atoms with van der Waals surface area (Å²) in [6.45, 7) is 10.0. The van der Waals surface area contributed by atoms with Crippen LogP contribution in [0.15, 0.2) is 36.4 Å². The second-order valence-corrected chi connectivity index (χ2v) is 17.9. The molecule has 2 amide bonds. The number of fused-ring (bicyclic) bond motifs is 7. The minimum Gasteiger partial charge on any atom is -0.448 e. The van der Waals surface area contributed by atoms with Gasteiger partial charge in [-0.15, -0.1) is 0 Å². The molecule has 8 atom stereocenters. The van der Waals surface area contributed by atoms with Crippen molar-refractivity contribution in [3.05, 3.63) is 58.7 Å². The highest BCUT2D eigenvalue weighted by atomic mass is 19.3. The summed E-state index contributed by atoms with van der Waals surface area (Å²) in [5, 5.41) is 0. The Morgan fingerprint density at radius 2 is 1.00 bits per heavy atom. The Morgan fingerprint density at radius 1 is 0.638 bits per heavy atom. The van der Waals surface area contributed by atoms with Gasteiger partial charge in [0.05, 0.1) is 0 Å². The molecule has 2 saturated carbocycles. The minimum absolute atomic E-state index is 0.189. The number of aldehydes is 2. The van der Waals surface area contributed by atoms with Crippen molar-refractivity contribution in [2.24, 2.45) is 11.8 Å². The number of alkyl halides is 4. The van der Waals surface area contributed by atoms with Gasteiger partial charge in [-0.25, -0.2) is 19.2 Å². The number of halogens is 4.